The molecule has 0 spiro atoms. The van der Waals surface area contributed by atoms with Gasteiger partial charge in [0.15, 0.2) is 0 Å². The van der Waals surface area contributed by atoms with Crippen LogP contribution in [-0.2, 0) is 32.7 Å². The first-order valence-electron chi connectivity index (χ1n) is 35.1. The molecule has 3 heterocycles. The second kappa shape index (κ2) is 43.4. The largest absolute Gasteiger partial charge is 0.519 e. The number of nitrogens with two attached hydrogens (primary N) is 1. The van der Waals surface area contributed by atoms with Gasteiger partial charge in [-0.05, 0) is 236 Å². The zero-order chi connectivity index (χ0) is 72.1. The Morgan fingerprint density at radius 3 is 1.16 bits per heavy atom. The molecule has 3 saturated heterocycles. The molecule has 8 aromatic carbocycles. The van der Waals surface area contributed by atoms with E-state index in [4.69, 9.17) is 29.4 Å². The Bertz CT molecular complexity index is 3540. The molecule has 16 nitrogen and oxygen atoms in total. The fourth-order valence-electron chi connectivity index (χ4n) is 11.0. The summed E-state index contributed by atoms with van der Waals surface area (Å²) in [5.41, 5.74) is 10.6. The van der Waals surface area contributed by atoms with Gasteiger partial charge in [0.25, 0.3) is 0 Å². The molecule has 3 aliphatic heterocycles. The Morgan fingerprint density at radius 1 is 0.426 bits per heavy atom. The minimum atomic E-state index is -0.739. The second-order valence-corrected chi connectivity index (χ2v) is 26.5. The number of likely N-dealkylation sites (tertiary alicyclic amines) is 3. The SMILES string of the molecule is CC(C)COc1ccc(CN)cc1.CC(C)COc1ccc(CNC(=O)N(Cc2ccc(F)cc2)C2CCN(C)CC2)cc1.CN1CCC(N(Cc2ccc(F)cc2)C(=O)Oc2ccccc2)CC1.CN1CCC(NCc2ccc(F)cc2)CC1.O=C(Oc1ccccc1)Oc1ccccc1. The van der Waals surface area contributed by atoms with Crippen molar-refractivity contribution in [1.29, 1.82) is 0 Å². The summed E-state index contributed by atoms with van der Waals surface area (Å²) in [4.78, 5) is 47.8. The van der Waals surface area contributed by atoms with E-state index in [-0.39, 0.29) is 41.7 Å². The topological polar surface area (TPSA) is 164 Å². The van der Waals surface area contributed by atoms with E-state index in [1.165, 1.54) is 62.3 Å². The van der Waals surface area contributed by atoms with Crippen molar-refractivity contribution >= 4 is 18.3 Å². The fraction of sp³-hybridized carbons (Fsp3) is 0.378. The number of ether oxygens (including phenoxy) is 5. The first kappa shape index (κ1) is 79.1. The quantitative estimate of drug-likeness (QED) is 0.0460. The molecule has 0 aliphatic carbocycles. The van der Waals surface area contributed by atoms with Gasteiger partial charge < -0.3 is 64.6 Å². The van der Waals surface area contributed by atoms with E-state index in [0.29, 0.717) is 67.9 Å². The van der Waals surface area contributed by atoms with Crippen LogP contribution in [0.25, 0.3) is 0 Å². The lowest BCUT2D eigenvalue weighted by molar-refractivity contribution is 0.0979. The van der Waals surface area contributed by atoms with Gasteiger partial charge in [0.1, 0.15) is 46.2 Å². The number of hydrogen-bond acceptors (Lipinski definition) is 13. The third-order valence-electron chi connectivity index (χ3n) is 17.0. The molecule has 3 aliphatic rings. The van der Waals surface area contributed by atoms with Crippen LogP contribution >= 0.6 is 0 Å². The summed E-state index contributed by atoms with van der Waals surface area (Å²) in [5, 5.41) is 6.60. The lowest BCUT2D eigenvalue weighted by Crippen LogP contribution is -2.49. The van der Waals surface area contributed by atoms with Gasteiger partial charge in [-0.15, -0.1) is 0 Å². The van der Waals surface area contributed by atoms with Gasteiger partial charge in [0, 0.05) is 50.8 Å². The number of benzene rings is 8. The summed E-state index contributed by atoms with van der Waals surface area (Å²) < 4.78 is 65.9. The maximum atomic E-state index is 13.3. The number of amides is 3. The number of para-hydroxylation sites is 3. The molecular weight excluding hydrogens is 1280 g/mol. The highest BCUT2D eigenvalue weighted by Gasteiger charge is 2.30. The van der Waals surface area contributed by atoms with Gasteiger partial charge in [0.2, 0.25) is 0 Å². The summed E-state index contributed by atoms with van der Waals surface area (Å²) >= 11 is 0. The first-order valence-corrected chi connectivity index (χ1v) is 35.1. The second-order valence-electron chi connectivity index (χ2n) is 26.5. The summed E-state index contributed by atoms with van der Waals surface area (Å²) in [6, 6.07) is 62.6. The number of hydrogen-bond donors (Lipinski definition) is 3. The molecule has 0 unspecified atom stereocenters. The van der Waals surface area contributed by atoms with E-state index in [1.54, 1.807) is 89.8 Å². The molecule has 0 bridgehead atoms. The zero-order valence-corrected chi connectivity index (χ0v) is 59.7. The third kappa shape index (κ3) is 30.6. The molecule has 0 aromatic heterocycles. The molecular formula is C82H103F3N8O8. The van der Waals surface area contributed by atoms with E-state index >= 15 is 0 Å². The number of halogens is 3. The Kier molecular flexibility index (Phi) is 34.0. The molecule has 3 amide bonds. The first-order chi connectivity index (χ1) is 48.8. The third-order valence-corrected chi connectivity index (χ3v) is 17.0. The van der Waals surface area contributed by atoms with E-state index < -0.39 is 6.16 Å². The molecule has 8 aromatic rings. The van der Waals surface area contributed by atoms with Crippen molar-refractivity contribution in [1.82, 2.24) is 35.1 Å². The molecule has 0 radical (unpaired) electrons. The summed E-state index contributed by atoms with van der Waals surface area (Å²) in [6.07, 6.45) is 5.00. The van der Waals surface area contributed by atoms with Crippen molar-refractivity contribution in [3.05, 3.63) is 258 Å². The van der Waals surface area contributed by atoms with Gasteiger partial charge in [-0.3, -0.25) is 0 Å². The molecule has 3 fully saturated rings. The fourth-order valence-corrected chi connectivity index (χ4v) is 11.0. The van der Waals surface area contributed by atoms with E-state index in [2.05, 4.69) is 74.2 Å². The van der Waals surface area contributed by atoms with Crippen LogP contribution in [0, 0.1) is 29.3 Å². The molecule has 19 heteroatoms. The predicted octanol–water partition coefficient (Wildman–Crippen LogP) is 16.0. The highest BCUT2D eigenvalue weighted by atomic mass is 19.1. The van der Waals surface area contributed by atoms with Gasteiger partial charge in [-0.2, -0.15) is 0 Å². The van der Waals surface area contributed by atoms with Crippen LogP contribution in [0.3, 0.4) is 0 Å². The Balaban J connectivity index is 0.000000184. The van der Waals surface area contributed by atoms with Crippen molar-refractivity contribution in [2.45, 2.75) is 117 Å². The standard InChI is InChI=1S/C25H34FN3O2.C20H23FN2O2.C13H19FN2.C13H10O3.C11H17NO/c1-19(2)18-31-24-10-6-20(7-11-24)16-27-25(30)29(23-12-14-28(3)15-13-23)17-21-4-8-22(26)9-5-21;1-22-13-11-18(12-14-22)23(15-16-7-9-17(21)10-8-16)20(24)25-19-5-3-2-4-6-19;1-16-8-6-13(7-9-16)15-10-11-2-4-12(14)5-3-11;14-13(15-11-7-3-1-4-8-11)16-12-9-5-2-6-10-12;1-9(2)8-13-11-5-3-10(7-12)4-6-11/h4-11,19,23H,12-18H2,1-3H3,(H,27,30);2-10,18H,11-15H2,1H3;2-5,13,15H,6-10H2,1H3;1-10H;3-6,9H,7-8,12H2,1-2H3. The summed E-state index contributed by atoms with van der Waals surface area (Å²) in [5.74, 6) is 3.56. The van der Waals surface area contributed by atoms with Gasteiger partial charge >= 0.3 is 18.3 Å². The Labute approximate surface area is 596 Å². The lowest BCUT2D eigenvalue weighted by atomic mass is 10.0. The van der Waals surface area contributed by atoms with Crippen LogP contribution in [0.5, 0.6) is 28.7 Å². The number of piperidine rings is 3. The highest BCUT2D eigenvalue weighted by molar-refractivity contribution is 5.74. The molecule has 11 rings (SSSR count). The molecule has 0 saturated carbocycles. The van der Waals surface area contributed by atoms with Crippen molar-refractivity contribution in [3.8, 4) is 28.7 Å². The molecule has 540 valence electrons. The van der Waals surface area contributed by atoms with E-state index in [0.717, 1.165) is 104 Å². The average Bonchev–Trinajstić information content (AvgIpc) is 0.870. The van der Waals surface area contributed by atoms with Gasteiger partial charge in [-0.25, -0.2) is 27.6 Å². The van der Waals surface area contributed by atoms with Crippen molar-refractivity contribution < 1.29 is 51.2 Å². The highest BCUT2D eigenvalue weighted by Crippen LogP contribution is 2.24. The Morgan fingerprint density at radius 2 is 0.762 bits per heavy atom. The number of urea groups is 1. The molecule has 0 atom stereocenters. The van der Waals surface area contributed by atoms with Crippen LogP contribution in [-0.4, -0.2) is 135 Å². The molecule has 101 heavy (non-hydrogen) atoms. The van der Waals surface area contributed by atoms with E-state index in [9.17, 15) is 27.6 Å². The van der Waals surface area contributed by atoms with Crippen LogP contribution in [0.1, 0.15) is 94.0 Å². The maximum Gasteiger partial charge on any atom is 0.519 e. The molecule has 4 N–H and O–H groups in total. The summed E-state index contributed by atoms with van der Waals surface area (Å²) in [7, 11) is 6.36. The van der Waals surface area contributed by atoms with Crippen LogP contribution in [0.2, 0.25) is 0 Å². The van der Waals surface area contributed by atoms with Gasteiger partial charge in [-0.1, -0.05) is 143 Å². The summed E-state index contributed by atoms with van der Waals surface area (Å²) in [6.45, 7) is 18.9. The number of carbonyl (C=O) groups excluding carboxylic acids is 3. The Hall–Kier alpha value is -9.24. The number of rotatable bonds is 21. The number of carbonyl (C=O) groups is 3. The minimum absolute atomic E-state index is 0.0842. The van der Waals surface area contributed by atoms with Crippen LogP contribution < -0.4 is 40.1 Å². The van der Waals surface area contributed by atoms with Crippen LogP contribution in [0.4, 0.5) is 27.6 Å². The smallest absolute Gasteiger partial charge is 0.493 e. The van der Waals surface area contributed by atoms with Gasteiger partial charge in [0.05, 0.1) is 13.2 Å². The van der Waals surface area contributed by atoms with Crippen molar-refractivity contribution in [2.24, 2.45) is 17.6 Å². The minimum Gasteiger partial charge on any atom is -0.493 e. The van der Waals surface area contributed by atoms with Crippen LogP contribution in [0.15, 0.2) is 212 Å². The maximum absolute atomic E-state index is 13.3. The normalized spacial score (nSPS) is 14.4. The monoisotopic (exact) mass is 1380 g/mol. The average molecular weight is 1390 g/mol. The van der Waals surface area contributed by atoms with Crippen molar-refractivity contribution in [3.63, 3.8) is 0 Å². The predicted molar refractivity (Wildman–Crippen MR) is 394 cm³/mol. The number of nitrogens with zero attached hydrogens (tertiary/aromatic N) is 5. The zero-order valence-electron chi connectivity index (χ0n) is 59.7. The number of nitrogens with one attached hydrogen (secondary N) is 2. The lowest BCUT2D eigenvalue weighted by Gasteiger charge is -2.37. The van der Waals surface area contributed by atoms with E-state index in [1.807, 2.05) is 95.9 Å². The van der Waals surface area contributed by atoms with Crippen molar-refractivity contribution in [2.75, 3.05) is 73.6 Å².